The van der Waals surface area contributed by atoms with E-state index in [-0.39, 0.29) is 34.2 Å². The van der Waals surface area contributed by atoms with Crippen LogP contribution in [0.1, 0.15) is 30.0 Å². The Morgan fingerprint density at radius 3 is 2.80 bits per heavy atom. The van der Waals surface area contributed by atoms with Crippen molar-refractivity contribution < 1.29 is 19.6 Å². The van der Waals surface area contributed by atoms with Gasteiger partial charge in [-0.25, -0.2) is 4.79 Å². The van der Waals surface area contributed by atoms with Gasteiger partial charge in [0.2, 0.25) is 5.82 Å². The molecule has 0 aliphatic heterocycles. The van der Waals surface area contributed by atoms with Gasteiger partial charge in [0.15, 0.2) is 0 Å². The fourth-order valence-electron chi connectivity index (χ4n) is 1.89. The first-order chi connectivity index (χ1) is 11.9. The van der Waals surface area contributed by atoms with E-state index in [0.29, 0.717) is 0 Å². The van der Waals surface area contributed by atoms with Gasteiger partial charge in [0, 0.05) is 17.4 Å². The molecule has 2 aromatic rings. The number of aromatic amines is 1. The smallest absolute Gasteiger partial charge is 0.459 e. The van der Waals surface area contributed by atoms with Crippen LogP contribution in [0.3, 0.4) is 0 Å². The van der Waals surface area contributed by atoms with Crippen molar-refractivity contribution in [2.24, 2.45) is 0 Å². The number of hydrogen-bond acceptors (Lipinski definition) is 9. The molecule has 1 heterocycles. The molecule has 10 nitrogen and oxygen atoms in total. The summed E-state index contributed by atoms with van der Waals surface area (Å²) in [4.78, 5) is 12.0. The molecule has 0 saturated carbocycles. The Kier molecular flexibility index (Phi) is 5.83. The van der Waals surface area contributed by atoms with E-state index in [2.05, 4.69) is 25.9 Å². The van der Waals surface area contributed by atoms with E-state index in [0.717, 1.165) is 0 Å². The maximum atomic E-state index is 12.0. The van der Waals surface area contributed by atoms with Crippen molar-refractivity contribution >= 4 is 29.8 Å². The zero-order valence-electron chi connectivity index (χ0n) is 13.5. The van der Waals surface area contributed by atoms with E-state index in [1.54, 1.807) is 13.8 Å². The molecule has 0 amide bonds. The molecule has 2 rings (SSSR count). The number of H-pyrrole nitrogens is 1. The lowest BCUT2D eigenvalue weighted by Crippen LogP contribution is -2.32. The van der Waals surface area contributed by atoms with Gasteiger partial charge in [-0.1, -0.05) is 6.07 Å². The standard InChI is InChI=1S/C14H15BN6O4/c1-8(2)25-14(22)9-3-4-11(15(23)24)12(5-9)17-7-10(6-16)13-18-20-21-19-13/h3-5,7-8,17,23-24H,1-2H3,(H,18,19,20,21). The Bertz CT molecular complexity index is 813. The Morgan fingerprint density at radius 2 is 2.24 bits per heavy atom. The van der Waals surface area contributed by atoms with Gasteiger partial charge < -0.3 is 20.1 Å². The van der Waals surface area contributed by atoms with Crippen LogP contribution in [0.5, 0.6) is 0 Å². The van der Waals surface area contributed by atoms with Crippen LogP contribution in [0.2, 0.25) is 0 Å². The van der Waals surface area contributed by atoms with Crippen molar-refractivity contribution in [2.75, 3.05) is 5.32 Å². The number of benzene rings is 1. The van der Waals surface area contributed by atoms with Crippen molar-refractivity contribution in [1.82, 2.24) is 20.6 Å². The Hall–Kier alpha value is -3.23. The molecule has 128 valence electrons. The summed E-state index contributed by atoms with van der Waals surface area (Å²) in [7, 11) is -1.78. The van der Waals surface area contributed by atoms with E-state index in [1.807, 2.05) is 6.07 Å². The zero-order valence-corrected chi connectivity index (χ0v) is 13.5. The minimum absolute atomic E-state index is 0.0577. The number of carbonyl (C=O) groups is 1. The van der Waals surface area contributed by atoms with Crippen molar-refractivity contribution in [3.63, 3.8) is 0 Å². The third kappa shape index (κ3) is 4.63. The molecule has 0 radical (unpaired) electrons. The number of allylic oxidation sites excluding steroid dienone is 1. The van der Waals surface area contributed by atoms with Crippen molar-refractivity contribution in [3.8, 4) is 6.07 Å². The molecular formula is C14H15BN6O4. The number of aromatic nitrogens is 4. The topological polar surface area (TPSA) is 157 Å². The predicted octanol–water partition coefficient (Wildman–Crippen LogP) is -0.579. The van der Waals surface area contributed by atoms with Crippen LogP contribution >= 0.6 is 0 Å². The second kappa shape index (κ2) is 8.05. The lowest BCUT2D eigenvalue weighted by Gasteiger charge is -2.12. The lowest BCUT2D eigenvalue weighted by atomic mass is 9.78. The summed E-state index contributed by atoms with van der Waals surface area (Å²) >= 11 is 0. The molecular weight excluding hydrogens is 327 g/mol. The maximum Gasteiger partial charge on any atom is 0.490 e. The zero-order chi connectivity index (χ0) is 18.4. The van der Waals surface area contributed by atoms with E-state index in [1.165, 1.54) is 24.4 Å². The minimum Gasteiger partial charge on any atom is -0.459 e. The maximum absolute atomic E-state index is 12.0. The second-order valence-electron chi connectivity index (χ2n) is 5.18. The summed E-state index contributed by atoms with van der Waals surface area (Å²) in [5.41, 5.74) is 0.599. The summed E-state index contributed by atoms with van der Waals surface area (Å²) in [5.74, 6) is -0.490. The number of tetrazole rings is 1. The second-order valence-corrected chi connectivity index (χ2v) is 5.18. The number of anilines is 1. The number of carbonyl (C=O) groups excluding carboxylic acids is 1. The van der Waals surface area contributed by atoms with E-state index < -0.39 is 13.1 Å². The number of ether oxygens (including phenoxy) is 1. The first-order valence-electron chi connectivity index (χ1n) is 7.24. The van der Waals surface area contributed by atoms with Crippen LogP contribution in [0.25, 0.3) is 5.57 Å². The van der Waals surface area contributed by atoms with Crippen LogP contribution in [-0.2, 0) is 4.74 Å². The molecule has 0 spiro atoms. The van der Waals surface area contributed by atoms with Crippen LogP contribution < -0.4 is 10.8 Å². The number of nitrogens with zero attached hydrogens (tertiary/aromatic N) is 4. The number of nitriles is 1. The van der Waals surface area contributed by atoms with E-state index >= 15 is 0 Å². The molecule has 4 N–H and O–H groups in total. The first-order valence-corrected chi connectivity index (χ1v) is 7.24. The van der Waals surface area contributed by atoms with Crippen molar-refractivity contribution in [2.45, 2.75) is 20.0 Å². The highest BCUT2D eigenvalue weighted by Gasteiger charge is 2.19. The molecule has 0 bridgehead atoms. The van der Waals surface area contributed by atoms with Gasteiger partial charge in [0.25, 0.3) is 0 Å². The van der Waals surface area contributed by atoms with Gasteiger partial charge in [-0.15, -0.1) is 10.2 Å². The normalized spacial score (nSPS) is 11.1. The average Bonchev–Trinajstić information content (AvgIpc) is 3.08. The van der Waals surface area contributed by atoms with Gasteiger partial charge >= 0.3 is 13.1 Å². The van der Waals surface area contributed by atoms with Crippen molar-refractivity contribution in [1.29, 1.82) is 5.26 Å². The molecule has 0 atom stereocenters. The molecule has 1 aromatic heterocycles. The van der Waals surface area contributed by atoms with Gasteiger partial charge in [-0.3, -0.25) is 0 Å². The van der Waals surface area contributed by atoms with Crippen LogP contribution in [0.4, 0.5) is 5.69 Å². The minimum atomic E-state index is -1.78. The number of hydrogen-bond donors (Lipinski definition) is 4. The van der Waals surface area contributed by atoms with Crippen LogP contribution in [-0.4, -0.2) is 49.9 Å². The summed E-state index contributed by atoms with van der Waals surface area (Å²) in [5, 5.41) is 43.8. The number of rotatable bonds is 6. The first kappa shape index (κ1) is 18.1. The van der Waals surface area contributed by atoms with Gasteiger partial charge in [-0.2, -0.15) is 10.5 Å². The third-order valence-electron chi connectivity index (χ3n) is 2.99. The van der Waals surface area contributed by atoms with Gasteiger partial charge in [0.05, 0.1) is 11.7 Å². The molecule has 0 unspecified atom stereocenters. The highest BCUT2D eigenvalue weighted by Crippen LogP contribution is 2.13. The predicted molar refractivity (Wildman–Crippen MR) is 88.2 cm³/mol. The third-order valence-corrected chi connectivity index (χ3v) is 2.99. The fraction of sp³-hybridized carbons (Fsp3) is 0.214. The summed E-state index contributed by atoms with van der Waals surface area (Å²) in [6.45, 7) is 3.44. The summed E-state index contributed by atoms with van der Waals surface area (Å²) in [6.07, 6.45) is 0.972. The molecule has 0 aliphatic rings. The summed E-state index contributed by atoms with van der Waals surface area (Å²) in [6, 6.07) is 6.06. The Labute approximate surface area is 143 Å². The fourth-order valence-corrected chi connectivity index (χ4v) is 1.89. The quantitative estimate of drug-likeness (QED) is 0.306. The largest absolute Gasteiger partial charge is 0.490 e. The van der Waals surface area contributed by atoms with Crippen molar-refractivity contribution in [3.05, 3.63) is 35.8 Å². The molecule has 0 saturated heterocycles. The van der Waals surface area contributed by atoms with Crippen LogP contribution in [0, 0.1) is 11.3 Å². The molecule has 0 aliphatic carbocycles. The Morgan fingerprint density at radius 1 is 1.48 bits per heavy atom. The van der Waals surface area contributed by atoms with Gasteiger partial charge in [-0.05, 0) is 31.2 Å². The molecule has 1 aromatic carbocycles. The van der Waals surface area contributed by atoms with E-state index in [4.69, 9.17) is 10.00 Å². The highest BCUT2D eigenvalue weighted by atomic mass is 16.5. The average molecular weight is 342 g/mol. The highest BCUT2D eigenvalue weighted by molar-refractivity contribution is 6.60. The SMILES string of the molecule is CC(C)OC(=O)c1ccc(B(O)O)c(NC=C(C#N)c2nn[nH]n2)c1. The number of esters is 1. The Balaban J connectivity index is 2.34. The lowest BCUT2D eigenvalue weighted by molar-refractivity contribution is 0.0378. The monoisotopic (exact) mass is 342 g/mol. The molecule has 0 fully saturated rings. The number of nitrogens with one attached hydrogen (secondary N) is 2. The van der Waals surface area contributed by atoms with Gasteiger partial charge in [0.1, 0.15) is 11.6 Å². The molecule has 25 heavy (non-hydrogen) atoms. The molecule has 11 heteroatoms. The van der Waals surface area contributed by atoms with Crippen LogP contribution in [0.15, 0.2) is 24.4 Å². The van der Waals surface area contributed by atoms with E-state index in [9.17, 15) is 14.8 Å². The summed E-state index contributed by atoms with van der Waals surface area (Å²) < 4.78 is 5.11.